The molecule has 0 fully saturated rings. The predicted molar refractivity (Wildman–Crippen MR) is 436 cm³/mol. The highest BCUT2D eigenvalue weighted by Gasteiger charge is 2.29. The van der Waals surface area contributed by atoms with Crippen molar-refractivity contribution in [2.24, 2.45) is 0 Å². The van der Waals surface area contributed by atoms with Crippen molar-refractivity contribution in [1.29, 1.82) is 0 Å². The molecule has 0 amide bonds. The van der Waals surface area contributed by atoms with Crippen LogP contribution in [0.5, 0.6) is 0 Å². The maximum atomic E-state index is 13.0. The smallest absolute Gasteiger partial charge is 0.463 e. The topological polar surface area (TPSA) is 231 Å². The summed E-state index contributed by atoms with van der Waals surface area (Å²) >= 11 is 0. The minimum Gasteiger partial charge on any atom is -0.463 e. The van der Waals surface area contributed by atoms with Gasteiger partial charge in [-0.25, -0.2) is 9.13 Å². The van der Waals surface area contributed by atoms with Crippen LogP contribution in [0.3, 0.4) is 0 Å². The summed E-state index contributed by atoms with van der Waals surface area (Å²) in [6.07, 6.45) is 94.4. The quantitative estimate of drug-likeness (QED) is 0.0146. The third-order valence-corrected chi connectivity index (χ3v) is 19.9. The van der Waals surface area contributed by atoms with E-state index >= 15 is 0 Å². The van der Waals surface area contributed by atoms with E-state index in [1.807, 2.05) is 0 Å². The summed E-state index contributed by atoms with van der Waals surface area (Å²) in [4.78, 5) is 58.7. The SMILES string of the molecule is CC/C=C\C/C=C\C/C=C\C/C=C\C/C=C\CCCCCC(=O)OCC(COP(=O)(O)OCC(O)COP(=O)(O)OCC(O)COC(=O)CCCCCCCCCCCCCCCCCCCCC/C=C\C/C=C\C/C=C\C/C=C\CCCCC)OC(=O)CCCCCCCCCCCCCCCCC. The molecule has 5 unspecified atom stereocenters. The van der Waals surface area contributed by atoms with E-state index in [4.69, 9.17) is 32.3 Å². The van der Waals surface area contributed by atoms with Crippen molar-refractivity contribution in [3.05, 3.63) is 109 Å². The van der Waals surface area contributed by atoms with E-state index < -0.39 is 91.5 Å². The number of phosphoric ester groups is 2. The Morgan fingerprint density at radius 3 is 0.829 bits per heavy atom. The second-order valence-corrected chi connectivity index (χ2v) is 31.2. The van der Waals surface area contributed by atoms with Gasteiger partial charge in [0.05, 0.1) is 26.4 Å². The molecule has 0 aliphatic heterocycles. The first-order chi connectivity index (χ1) is 51.2. The van der Waals surface area contributed by atoms with Crippen LogP contribution in [0, 0.1) is 0 Å². The number of rotatable bonds is 80. The first-order valence-electron chi connectivity index (χ1n) is 42.2. The van der Waals surface area contributed by atoms with Gasteiger partial charge in [-0.1, -0.05) is 348 Å². The average Bonchev–Trinajstić information content (AvgIpc) is 0.913. The third-order valence-electron chi connectivity index (χ3n) is 18.0. The Morgan fingerprint density at radius 1 is 0.276 bits per heavy atom. The van der Waals surface area contributed by atoms with Gasteiger partial charge >= 0.3 is 33.6 Å². The summed E-state index contributed by atoms with van der Waals surface area (Å²) in [6, 6.07) is 0. The molecule has 0 spiro atoms. The van der Waals surface area contributed by atoms with Crippen molar-refractivity contribution in [3.63, 3.8) is 0 Å². The highest BCUT2D eigenvalue weighted by molar-refractivity contribution is 7.47. The van der Waals surface area contributed by atoms with Gasteiger partial charge in [-0.05, 0) is 109 Å². The van der Waals surface area contributed by atoms with Crippen LogP contribution in [0.25, 0.3) is 0 Å². The molecule has 105 heavy (non-hydrogen) atoms. The van der Waals surface area contributed by atoms with Crippen molar-refractivity contribution in [2.45, 2.75) is 386 Å². The van der Waals surface area contributed by atoms with Crippen LogP contribution in [0.2, 0.25) is 0 Å². The molecule has 0 rings (SSSR count). The first kappa shape index (κ1) is 101. The molecule has 4 N–H and O–H groups in total. The average molecular weight is 1520 g/mol. The molecule has 18 heteroatoms. The number of hydrogen-bond acceptors (Lipinski definition) is 14. The lowest BCUT2D eigenvalue weighted by Gasteiger charge is -2.21. The Kier molecular flexibility index (Phi) is 76.9. The number of phosphoric acid groups is 2. The van der Waals surface area contributed by atoms with Crippen LogP contribution in [0.15, 0.2) is 109 Å². The van der Waals surface area contributed by atoms with Gasteiger partial charge < -0.3 is 34.2 Å². The summed E-state index contributed by atoms with van der Waals surface area (Å²) in [7, 11) is -9.79. The molecule has 0 aliphatic carbocycles. The van der Waals surface area contributed by atoms with E-state index in [0.717, 1.165) is 116 Å². The van der Waals surface area contributed by atoms with Gasteiger partial charge in [0, 0.05) is 19.3 Å². The fourth-order valence-corrected chi connectivity index (χ4v) is 13.2. The number of carbonyl (C=O) groups is 3. The lowest BCUT2D eigenvalue weighted by atomic mass is 10.0. The molecule has 16 nitrogen and oxygen atoms in total. The second-order valence-electron chi connectivity index (χ2n) is 28.3. The summed E-state index contributed by atoms with van der Waals surface area (Å²) in [5, 5.41) is 20.7. The van der Waals surface area contributed by atoms with Crippen molar-refractivity contribution in [3.8, 4) is 0 Å². The highest BCUT2D eigenvalue weighted by atomic mass is 31.2. The number of hydrogen-bond donors (Lipinski definition) is 4. The number of esters is 3. The van der Waals surface area contributed by atoms with Crippen LogP contribution in [0.1, 0.15) is 367 Å². The largest absolute Gasteiger partial charge is 0.472 e. The molecule has 0 bridgehead atoms. The molecular formula is C87H154O16P2. The molecule has 5 atom stereocenters. The number of unbranched alkanes of at least 4 members (excludes halogenated alkanes) is 39. The van der Waals surface area contributed by atoms with Gasteiger partial charge in [0.25, 0.3) is 0 Å². The summed E-state index contributed by atoms with van der Waals surface area (Å²) < 4.78 is 61.2. The summed E-state index contributed by atoms with van der Waals surface area (Å²) in [5.41, 5.74) is 0. The van der Waals surface area contributed by atoms with Gasteiger partial charge in [0.15, 0.2) is 6.10 Å². The van der Waals surface area contributed by atoms with Crippen LogP contribution >= 0.6 is 15.6 Å². The van der Waals surface area contributed by atoms with Crippen molar-refractivity contribution >= 4 is 33.6 Å². The fraction of sp³-hybridized carbons (Fsp3) is 0.759. The summed E-state index contributed by atoms with van der Waals surface area (Å²) in [6.45, 7) is 2.55. The zero-order valence-electron chi connectivity index (χ0n) is 66.6. The molecule has 0 aromatic rings. The maximum absolute atomic E-state index is 13.0. The number of carbonyl (C=O) groups excluding carboxylic acids is 3. The Labute approximate surface area is 640 Å². The number of aliphatic hydroxyl groups excluding tert-OH is 2. The van der Waals surface area contributed by atoms with E-state index in [0.29, 0.717) is 19.3 Å². The lowest BCUT2D eigenvalue weighted by molar-refractivity contribution is -0.161. The lowest BCUT2D eigenvalue weighted by Crippen LogP contribution is -2.30. The Hall–Kier alpha value is -3.79. The van der Waals surface area contributed by atoms with Gasteiger partial charge in [0.2, 0.25) is 0 Å². The van der Waals surface area contributed by atoms with Crippen LogP contribution < -0.4 is 0 Å². The van der Waals surface area contributed by atoms with E-state index in [1.165, 1.54) is 193 Å². The predicted octanol–water partition coefficient (Wildman–Crippen LogP) is 25.1. The maximum Gasteiger partial charge on any atom is 0.472 e. The summed E-state index contributed by atoms with van der Waals surface area (Å²) in [5.74, 6) is -1.60. The van der Waals surface area contributed by atoms with Crippen molar-refractivity contribution in [1.82, 2.24) is 0 Å². The Morgan fingerprint density at radius 2 is 0.505 bits per heavy atom. The second kappa shape index (κ2) is 79.8. The minimum atomic E-state index is -4.94. The zero-order valence-corrected chi connectivity index (χ0v) is 68.4. The van der Waals surface area contributed by atoms with E-state index in [-0.39, 0.29) is 19.3 Å². The zero-order chi connectivity index (χ0) is 76.6. The molecule has 0 heterocycles. The minimum absolute atomic E-state index is 0.100. The number of allylic oxidation sites excluding steroid dienone is 18. The van der Waals surface area contributed by atoms with E-state index in [9.17, 15) is 43.5 Å². The Bertz CT molecular complexity index is 2340. The van der Waals surface area contributed by atoms with Gasteiger partial charge in [0.1, 0.15) is 25.4 Å². The fourth-order valence-electron chi connectivity index (χ4n) is 11.6. The standard InChI is InChI=1S/C87H154O16P2/c1-4-7-10-13-16-19-22-25-28-30-32-33-34-35-36-37-38-39-40-41-42-43-44-45-46-47-49-51-53-55-58-61-64-67-70-73-85(90)97-76-82(88)77-99-104(93,94)100-78-83(89)79-101-105(95,96)102-81-84(103-87(92)75-72-69-66-63-60-57-52-27-24-21-18-15-12-9-6-3)80-98-86(91)74-71-68-65-62-59-56-54-50-48-31-29-26-23-20-17-14-11-8-5-2/h8,11,16-17,19-20,25-26,28-29,32-33,35-36,48,50,56,59,82-84,88-89H,4-7,9-10,12-15,18,21-24,27,30-31,34,37-47,49,51-55,57-58,60-81H2,1-3H3,(H,93,94)(H,95,96)/b11-8-,19-16-,20-17-,28-25-,29-26-,33-32-,36-35-,50-48-,59-56-. The molecular weight excluding hydrogens is 1360 g/mol. The third kappa shape index (κ3) is 81.0. The van der Waals surface area contributed by atoms with Crippen molar-refractivity contribution in [2.75, 3.05) is 39.6 Å². The molecule has 0 saturated carbocycles. The first-order valence-corrected chi connectivity index (χ1v) is 45.2. The monoisotopic (exact) mass is 1520 g/mol. The molecule has 0 aromatic carbocycles. The normalized spacial score (nSPS) is 14.5. The van der Waals surface area contributed by atoms with Crippen LogP contribution in [0.4, 0.5) is 0 Å². The van der Waals surface area contributed by atoms with E-state index in [2.05, 4.69) is 130 Å². The van der Waals surface area contributed by atoms with Gasteiger partial charge in [-0.15, -0.1) is 0 Å². The Balaban J connectivity index is 4.40. The van der Waals surface area contributed by atoms with Crippen LogP contribution in [-0.4, -0.2) is 95.9 Å². The van der Waals surface area contributed by atoms with Gasteiger partial charge in [-0.3, -0.25) is 32.5 Å². The molecule has 0 saturated heterocycles. The van der Waals surface area contributed by atoms with Gasteiger partial charge in [-0.2, -0.15) is 0 Å². The highest BCUT2D eigenvalue weighted by Crippen LogP contribution is 2.45. The van der Waals surface area contributed by atoms with Crippen molar-refractivity contribution < 1.29 is 75.8 Å². The molecule has 0 radical (unpaired) electrons. The van der Waals surface area contributed by atoms with Crippen LogP contribution in [-0.2, 0) is 55.8 Å². The molecule has 608 valence electrons. The number of aliphatic hydroxyl groups is 2. The molecule has 0 aliphatic rings. The van der Waals surface area contributed by atoms with E-state index in [1.54, 1.807) is 0 Å². The number of ether oxygens (including phenoxy) is 3. The molecule has 0 aromatic heterocycles.